The minimum atomic E-state index is 0.113. The van der Waals surface area contributed by atoms with E-state index in [1.165, 1.54) is 6.42 Å². The minimum Gasteiger partial charge on any atom is -0.381 e. The lowest BCUT2D eigenvalue weighted by molar-refractivity contribution is -0.0752. The number of aromatic amines is 1. The van der Waals surface area contributed by atoms with Gasteiger partial charge in [0.15, 0.2) is 0 Å². The molecule has 2 aromatic rings. The Morgan fingerprint density at radius 1 is 1.36 bits per heavy atom. The lowest BCUT2D eigenvalue weighted by Crippen LogP contribution is -2.72. The molecule has 0 saturated carbocycles. The van der Waals surface area contributed by atoms with Gasteiger partial charge in [0.05, 0.1) is 5.54 Å². The largest absolute Gasteiger partial charge is 0.381 e. The van der Waals surface area contributed by atoms with E-state index in [1.54, 1.807) is 0 Å². The minimum absolute atomic E-state index is 0.113. The van der Waals surface area contributed by atoms with Crippen molar-refractivity contribution in [2.24, 2.45) is 5.92 Å². The van der Waals surface area contributed by atoms with Crippen LogP contribution in [-0.2, 0) is 4.74 Å². The predicted molar refractivity (Wildman–Crippen MR) is 98.8 cm³/mol. The number of aromatic nitrogens is 1. The first-order chi connectivity index (χ1) is 12.1. The van der Waals surface area contributed by atoms with Gasteiger partial charge in [-0.25, -0.2) is 0 Å². The van der Waals surface area contributed by atoms with Gasteiger partial charge in [-0.05, 0) is 51.4 Å². The van der Waals surface area contributed by atoms with Crippen LogP contribution in [-0.4, -0.2) is 66.1 Å². The molecule has 1 amide bonds. The Kier molecular flexibility index (Phi) is 4.29. The van der Waals surface area contributed by atoms with Crippen molar-refractivity contribution in [2.75, 3.05) is 39.9 Å². The zero-order chi connectivity index (χ0) is 17.4. The van der Waals surface area contributed by atoms with Gasteiger partial charge in [-0.15, -0.1) is 0 Å². The van der Waals surface area contributed by atoms with E-state index in [2.05, 4.69) is 23.9 Å². The number of likely N-dealkylation sites (tertiary alicyclic amines) is 2. The Balaban J connectivity index is 1.43. The van der Waals surface area contributed by atoms with Crippen LogP contribution >= 0.6 is 0 Å². The molecule has 0 bridgehead atoms. The summed E-state index contributed by atoms with van der Waals surface area (Å²) in [6.45, 7) is 6.41. The van der Waals surface area contributed by atoms with Crippen molar-refractivity contribution in [2.45, 2.75) is 25.3 Å². The molecule has 1 N–H and O–H groups in total. The van der Waals surface area contributed by atoms with Crippen LogP contribution in [0.4, 0.5) is 0 Å². The number of amides is 1. The molecule has 1 atom stereocenters. The summed E-state index contributed by atoms with van der Waals surface area (Å²) in [6, 6.07) is 10.00. The van der Waals surface area contributed by atoms with Gasteiger partial charge in [-0.3, -0.25) is 9.69 Å². The molecular formula is C20H27N3O2. The summed E-state index contributed by atoms with van der Waals surface area (Å²) < 4.78 is 5.64. The lowest BCUT2D eigenvalue weighted by atomic mass is 9.75. The van der Waals surface area contributed by atoms with Gasteiger partial charge in [0.1, 0.15) is 5.69 Å². The number of benzene rings is 1. The number of H-pyrrole nitrogens is 1. The quantitative estimate of drug-likeness (QED) is 0.930. The molecule has 1 aromatic heterocycles. The zero-order valence-electron chi connectivity index (χ0n) is 15.1. The summed E-state index contributed by atoms with van der Waals surface area (Å²) in [5.74, 6) is 0.726. The molecule has 0 radical (unpaired) electrons. The molecule has 2 saturated heterocycles. The Labute approximate surface area is 148 Å². The molecule has 3 heterocycles. The third kappa shape index (κ3) is 2.96. The normalized spacial score (nSPS) is 23.1. The third-order valence-corrected chi connectivity index (χ3v) is 5.93. The topological polar surface area (TPSA) is 48.6 Å². The molecule has 25 heavy (non-hydrogen) atoms. The van der Waals surface area contributed by atoms with Gasteiger partial charge in [0.2, 0.25) is 0 Å². The third-order valence-electron chi connectivity index (χ3n) is 5.93. The first kappa shape index (κ1) is 16.6. The highest BCUT2D eigenvalue weighted by Gasteiger charge is 2.51. The second-order valence-corrected chi connectivity index (χ2v) is 7.60. The molecule has 1 aromatic carbocycles. The number of ether oxygens (including phenoxy) is 1. The maximum Gasteiger partial charge on any atom is 0.270 e. The Bertz CT molecular complexity index is 728. The number of carbonyl (C=O) groups excluding carboxylic acids is 1. The number of piperidine rings is 1. The van der Waals surface area contributed by atoms with Crippen LogP contribution in [0.1, 0.15) is 30.3 Å². The second-order valence-electron chi connectivity index (χ2n) is 7.60. The first-order valence-electron chi connectivity index (χ1n) is 9.27. The summed E-state index contributed by atoms with van der Waals surface area (Å²) in [4.78, 5) is 20.5. The summed E-state index contributed by atoms with van der Waals surface area (Å²) in [5.41, 5.74) is 1.86. The highest BCUT2D eigenvalue weighted by molar-refractivity contribution is 5.98. The van der Waals surface area contributed by atoms with E-state index in [1.807, 2.05) is 35.2 Å². The molecular weight excluding hydrogens is 314 g/mol. The zero-order valence-corrected chi connectivity index (χ0v) is 15.1. The van der Waals surface area contributed by atoms with E-state index in [9.17, 15) is 4.79 Å². The Morgan fingerprint density at radius 3 is 2.92 bits per heavy atom. The van der Waals surface area contributed by atoms with E-state index in [-0.39, 0.29) is 11.4 Å². The van der Waals surface area contributed by atoms with Crippen molar-refractivity contribution in [3.8, 4) is 0 Å². The number of para-hydroxylation sites is 1. The van der Waals surface area contributed by atoms with Crippen LogP contribution in [0.3, 0.4) is 0 Å². The van der Waals surface area contributed by atoms with Gasteiger partial charge in [-0.1, -0.05) is 18.2 Å². The van der Waals surface area contributed by atoms with Gasteiger partial charge >= 0.3 is 0 Å². The van der Waals surface area contributed by atoms with Crippen molar-refractivity contribution in [1.82, 2.24) is 14.8 Å². The van der Waals surface area contributed by atoms with Crippen LogP contribution in [0.25, 0.3) is 10.9 Å². The Hall–Kier alpha value is -1.85. The smallest absolute Gasteiger partial charge is 0.270 e. The highest BCUT2D eigenvalue weighted by Crippen LogP contribution is 2.39. The first-order valence-corrected chi connectivity index (χ1v) is 9.27. The molecule has 2 fully saturated rings. The van der Waals surface area contributed by atoms with Gasteiger partial charge in [-0.2, -0.15) is 0 Å². The molecule has 0 aliphatic carbocycles. The molecule has 5 nitrogen and oxygen atoms in total. The highest BCUT2D eigenvalue weighted by atomic mass is 16.5. The fourth-order valence-corrected chi connectivity index (χ4v) is 4.37. The summed E-state index contributed by atoms with van der Waals surface area (Å²) >= 11 is 0. The van der Waals surface area contributed by atoms with Crippen molar-refractivity contribution in [1.29, 1.82) is 0 Å². The number of fused-ring (bicyclic) bond motifs is 1. The van der Waals surface area contributed by atoms with Crippen molar-refractivity contribution >= 4 is 16.8 Å². The number of nitrogens with one attached hydrogen (secondary N) is 1. The van der Waals surface area contributed by atoms with Gasteiger partial charge in [0.25, 0.3) is 5.91 Å². The molecule has 4 rings (SSSR count). The van der Waals surface area contributed by atoms with E-state index in [0.29, 0.717) is 11.6 Å². The van der Waals surface area contributed by atoms with Crippen molar-refractivity contribution < 1.29 is 9.53 Å². The molecule has 1 unspecified atom stereocenters. The Morgan fingerprint density at radius 2 is 2.16 bits per heavy atom. The van der Waals surface area contributed by atoms with E-state index in [0.717, 1.165) is 50.2 Å². The van der Waals surface area contributed by atoms with Crippen LogP contribution in [0, 0.1) is 5.92 Å². The SMILES string of the molecule is CCOCC1CCN(C)C2(C1)CN(C(=O)c1cc3ccccc3[nH]1)C2. The second kappa shape index (κ2) is 6.46. The average Bonchev–Trinajstić information content (AvgIpc) is 3.03. The molecule has 134 valence electrons. The van der Waals surface area contributed by atoms with E-state index in [4.69, 9.17) is 4.74 Å². The molecule has 5 heteroatoms. The number of nitrogens with zero attached hydrogens (tertiary/aromatic N) is 2. The summed E-state index contributed by atoms with van der Waals surface area (Å²) in [6.07, 6.45) is 2.31. The number of hydrogen-bond acceptors (Lipinski definition) is 3. The lowest BCUT2D eigenvalue weighted by Gasteiger charge is -2.58. The van der Waals surface area contributed by atoms with Crippen LogP contribution in [0.15, 0.2) is 30.3 Å². The molecule has 2 aliphatic rings. The van der Waals surface area contributed by atoms with Crippen LogP contribution < -0.4 is 0 Å². The number of carbonyl (C=O) groups is 1. The maximum atomic E-state index is 12.8. The monoisotopic (exact) mass is 341 g/mol. The van der Waals surface area contributed by atoms with Crippen LogP contribution in [0.5, 0.6) is 0 Å². The summed E-state index contributed by atoms with van der Waals surface area (Å²) in [5, 5.41) is 1.09. The average molecular weight is 341 g/mol. The fourth-order valence-electron chi connectivity index (χ4n) is 4.37. The van der Waals surface area contributed by atoms with E-state index >= 15 is 0 Å². The van der Waals surface area contributed by atoms with Crippen molar-refractivity contribution in [3.63, 3.8) is 0 Å². The van der Waals surface area contributed by atoms with Crippen molar-refractivity contribution in [3.05, 3.63) is 36.0 Å². The van der Waals surface area contributed by atoms with Crippen LogP contribution in [0.2, 0.25) is 0 Å². The number of hydrogen-bond donors (Lipinski definition) is 1. The standard InChI is InChI=1S/C20H27N3O2/c1-3-25-12-15-8-9-22(2)20(11-15)13-23(14-20)19(24)18-10-16-6-4-5-7-17(16)21-18/h4-7,10,15,21H,3,8-9,11-14H2,1-2H3. The molecule has 1 spiro atoms. The van der Waals surface area contributed by atoms with Gasteiger partial charge in [0, 0.05) is 37.2 Å². The summed E-state index contributed by atoms with van der Waals surface area (Å²) in [7, 11) is 2.20. The molecule has 2 aliphatic heterocycles. The maximum absolute atomic E-state index is 12.8. The fraction of sp³-hybridized carbons (Fsp3) is 0.550. The predicted octanol–water partition coefficient (Wildman–Crippen LogP) is 2.74. The number of rotatable bonds is 4. The van der Waals surface area contributed by atoms with E-state index < -0.39 is 0 Å². The number of likely N-dealkylation sites (N-methyl/N-ethyl adjacent to an activating group) is 1. The van der Waals surface area contributed by atoms with Gasteiger partial charge < -0.3 is 14.6 Å².